The first-order valence-corrected chi connectivity index (χ1v) is 10.0. The van der Waals surface area contributed by atoms with Crippen molar-refractivity contribution in [3.8, 4) is 5.75 Å². The number of carbonyl (C=O) groups is 2. The number of hydrogen-bond acceptors (Lipinski definition) is 6. The Balaban J connectivity index is 1.39. The van der Waals surface area contributed by atoms with Crippen molar-refractivity contribution in [2.45, 2.75) is 44.8 Å². The Labute approximate surface area is 169 Å². The lowest BCUT2D eigenvalue weighted by molar-refractivity contribution is -0.140. The maximum atomic E-state index is 13.1. The molecule has 1 saturated heterocycles. The van der Waals surface area contributed by atoms with Crippen LogP contribution in [0.4, 0.5) is 5.82 Å². The number of benzene rings is 1. The second-order valence-electron chi connectivity index (χ2n) is 7.53. The maximum absolute atomic E-state index is 13.1. The van der Waals surface area contributed by atoms with Gasteiger partial charge in [0.2, 0.25) is 0 Å². The molecule has 8 nitrogen and oxygen atoms in total. The molecule has 29 heavy (non-hydrogen) atoms. The van der Waals surface area contributed by atoms with Crippen LogP contribution in [0.25, 0.3) is 0 Å². The molecule has 2 N–H and O–H groups in total. The van der Waals surface area contributed by atoms with E-state index in [2.05, 4.69) is 4.98 Å². The Morgan fingerprint density at radius 1 is 1.28 bits per heavy atom. The van der Waals surface area contributed by atoms with Crippen LogP contribution in [0.2, 0.25) is 0 Å². The lowest BCUT2D eigenvalue weighted by Gasteiger charge is -2.34. The van der Waals surface area contributed by atoms with Crippen molar-refractivity contribution in [2.75, 3.05) is 25.4 Å². The predicted octanol–water partition coefficient (Wildman–Crippen LogP) is 2.37. The molecule has 1 aromatic carbocycles. The van der Waals surface area contributed by atoms with E-state index in [0.29, 0.717) is 18.9 Å². The molecule has 0 radical (unpaired) electrons. The Morgan fingerprint density at radius 2 is 2.00 bits per heavy atom. The number of hydrogen-bond donors (Lipinski definition) is 1. The Kier molecular flexibility index (Phi) is 5.17. The summed E-state index contributed by atoms with van der Waals surface area (Å²) in [4.78, 5) is 31.0. The number of carbonyl (C=O) groups excluding carboxylic acids is 2. The van der Waals surface area contributed by atoms with Crippen LogP contribution in [0.1, 0.15) is 54.7 Å². The summed E-state index contributed by atoms with van der Waals surface area (Å²) in [5, 5.41) is 0. The van der Waals surface area contributed by atoms with Crippen molar-refractivity contribution < 1.29 is 19.1 Å². The molecule has 154 valence electrons. The molecule has 2 aliphatic rings. The van der Waals surface area contributed by atoms with Gasteiger partial charge in [0.25, 0.3) is 5.91 Å². The largest absolute Gasteiger partial charge is 0.480 e. The van der Waals surface area contributed by atoms with E-state index < -0.39 is 12.1 Å². The molecule has 2 aliphatic heterocycles. The van der Waals surface area contributed by atoms with Crippen molar-refractivity contribution in [1.82, 2.24) is 14.5 Å². The van der Waals surface area contributed by atoms with Crippen molar-refractivity contribution in [2.24, 2.45) is 0 Å². The van der Waals surface area contributed by atoms with E-state index >= 15 is 0 Å². The molecule has 0 bridgehead atoms. The minimum atomic E-state index is -0.511. The summed E-state index contributed by atoms with van der Waals surface area (Å²) in [6, 6.07) is 7.91. The highest BCUT2D eigenvalue weighted by Crippen LogP contribution is 2.39. The van der Waals surface area contributed by atoms with Crippen LogP contribution in [-0.4, -0.2) is 52.1 Å². The van der Waals surface area contributed by atoms with E-state index in [-0.39, 0.29) is 30.2 Å². The lowest BCUT2D eigenvalue weighted by Crippen LogP contribution is -2.46. The molecule has 0 unspecified atom stereocenters. The van der Waals surface area contributed by atoms with E-state index in [1.54, 1.807) is 13.3 Å². The third kappa shape index (κ3) is 3.43. The van der Waals surface area contributed by atoms with Crippen LogP contribution in [0.3, 0.4) is 0 Å². The molecule has 8 heteroatoms. The molecule has 1 amide bonds. The molecule has 0 saturated carbocycles. The van der Waals surface area contributed by atoms with Crippen LogP contribution < -0.4 is 10.5 Å². The van der Waals surface area contributed by atoms with E-state index in [1.165, 1.54) is 0 Å². The molecule has 2 aromatic rings. The first-order valence-electron chi connectivity index (χ1n) is 10.0. The van der Waals surface area contributed by atoms with E-state index in [1.807, 2.05) is 40.7 Å². The van der Waals surface area contributed by atoms with Gasteiger partial charge in [-0.25, -0.2) is 9.78 Å². The summed E-state index contributed by atoms with van der Waals surface area (Å²) in [5.74, 6) is 0.663. The molecule has 0 aliphatic carbocycles. The summed E-state index contributed by atoms with van der Waals surface area (Å²) in [5.41, 5.74) is 7.36. The van der Waals surface area contributed by atoms with Gasteiger partial charge in [-0.3, -0.25) is 4.79 Å². The van der Waals surface area contributed by atoms with Gasteiger partial charge in [-0.2, -0.15) is 0 Å². The highest BCUT2D eigenvalue weighted by molar-refractivity contribution is 5.92. The van der Waals surface area contributed by atoms with Crippen molar-refractivity contribution in [3.05, 3.63) is 41.9 Å². The smallest absolute Gasteiger partial charge is 0.360 e. The number of amides is 1. The highest BCUT2D eigenvalue weighted by atomic mass is 16.5. The maximum Gasteiger partial charge on any atom is 0.360 e. The predicted molar refractivity (Wildman–Crippen MR) is 107 cm³/mol. The highest BCUT2D eigenvalue weighted by Gasteiger charge is 2.39. The van der Waals surface area contributed by atoms with Gasteiger partial charge >= 0.3 is 5.97 Å². The number of rotatable bonds is 4. The number of piperidine rings is 1. The molecule has 2 atom stereocenters. The van der Waals surface area contributed by atoms with E-state index in [4.69, 9.17) is 15.2 Å². The van der Waals surface area contributed by atoms with Crippen LogP contribution in [-0.2, 0) is 9.53 Å². The summed E-state index contributed by atoms with van der Waals surface area (Å²) < 4.78 is 12.7. The summed E-state index contributed by atoms with van der Waals surface area (Å²) >= 11 is 0. The van der Waals surface area contributed by atoms with Gasteiger partial charge in [0, 0.05) is 30.6 Å². The van der Waals surface area contributed by atoms with Crippen molar-refractivity contribution in [1.29, 1.82) is 0 Å². The quantitative estimate of drug-likeness (QED) is 0.794. The molecular weight excluding hydrogens is 372 g/mol. The van der Waals surface area contributed by atoms with Gasteiger partial charge in [0.05, 0.1) is 12.9 Å². The molecule has 0 spiro atoms. The topological polar surface area (TPSA) is 99.7 Å². The van der Waals surface area contributed by atoms with Gasteiger partial charge in [-0.1, -0.05) is 25.1 Å². The zero-order valence-electron chi connectivity index (χ0n) is 16.7. The number of ether oxygens (including phenoxy) is 2. The Hall–Kier alpha value is -3.03. The number of nitrogens with zero attached hydrogens (tertiary/aromatic N) is 3. The van der Waals surface area contributed by atoms with Crippen LogP contribution in [0.15, 0.2) is 30.6 Å². The third-order valence-corrected chi connectivity index (χ3v) is 5.83. The number of nitrogens with two attached hydrogens (primary N) is 1. The second-order valence-corrected chi connectivity index (χ2v) is 7.53. The van der Waals surface area contributed by atoms with Crippen LogP contribution in [0.5, 0.6) is 5.75 Å². The average Bonchev–Trinajstić information content (AvgIpc) is 3.28. The number of nitrogen functional groups attached to an aromatic ring is 1. The second kappa shape index (κ2) is 7.77. The minimum absolute atomic E-state index is 0.0259. The Morgan fingerprint density at radius 3 is 2.69 bits per heavy atom. The van der Waals surface area contributed by atoms with Crippen LogP contribution >= 0.6 is 0 Å². The standard InChI is InChI=1S/C21H26N4O4/c1-3-28-21(27)17-19(22)25(12-23-17)14-8-10-24(11-9-14)20(26)18-13(2)15-6-4-5-7-16(15)29-18/h4-7,12-14,18H,3,8-11,22H2,1-2H3/t13-,18-/m0/s1. The fraction of sp³-hybridized carbons (Fsp3) is 0.476. The number of anilines is 1. The molecule has 1 fully saturated rings. The van der Waals surface area contributed by atoms with Gasteiger partial charge in [-0.05, 0) is 25.8 Å². The monoisotopic (exact) mass is 398 g/mol. The fourth-order valence-electron chi connectivity index (χ4n) is 4.19. The first-order chi connectivity index (χ1) is 14.0. The van der Waals surface area contributed by atoms with Gasteiger partial charge < -0.3 is 24.7 Å². The number of likely N-dealkylation sites (tertiary alicyclic amines) is 1. The molecular formula is C21H26N4O4. The zero-order chi connectivity index (χ0) is 20.5. The SMILES string of the molecule is CCOC(=O)c1ncn(C2CCN(C(=O)[C@H]3Oc4ccccc4[C@@H]3C)CC2)c1N. The number of esters is 1. The normalized spacial score (nSPS) is 21.5. The molecule has 1 aromatic heterocycles. The van der Waals surface area contributed by atoms with E-state index in [0.717, 1.165) is 24.2 Å². The summed E-state index contributed by atoms with van der Waals surface area (Å²) in [7, 11) is 0. The first kappa shape index (κ1) is 19.3. The molecule has 3 heterocycles. The number of aromatic nitrogens is 2. The van der Waals surface area contributed by atoms with Crippen LogP contribution in [0, 0.1) is 0 Å². The third-order valence-electron chi connectivity index (χ3n) is 5.83. The van der Waals surface area contributed by atoms with Gasteiger partial charge in [-0.15, -0.1) is 0 Å². The minimum Gasteiger partial charge on any atom is -0.480 e. The Bertz CT molecular complexity index is 917. The summed E-state index contributed by atoms with van der Waals surface area (Å²) in [6.45, 7) is 5.27. The van der Waals surface area contributed by atoms with Crippen molar-refractivity contribution in [3.63, 3.8) is 0 Å². The fourth-order valence-corrected chi connectivity index (χ4v) is 4.19. The summed E-state index contributed by atoms with van der Waals surface area (Å²) in [6.07, 6.45) is 2.59. The number of imidazole rings is 1. The number of fused-ring (bicyclic) bond motifs is 1. The van der Waals surface area contributed by atoms with Gasteiger partial charge in [0.15, 0.2) is 11.8 Å². The lowest BCUT2D eigenvalue weighted by atomic mass is 9.96. The van der Waals surface area contributed by atoms with Gasteiger partial charge in [0.1, 0.15) is 11.6 Å². The van der Waals surface area contributed by atoms with Crippen molar-refractivity contribution >= 4 is 17.7 Å². The average molecular weight is 398 g/mol. The van der Waals surface area contributed by atoms with E-state index in [9.17, 15) is 9.59 Å². The molecule has 4 rings (SSSR count). The number of para-hydroxylation sites is 1. The zero-order valence-corrected chi connectivity index (χ0v) is 16.7.